The van der Waals surface area contributed by atoms with Crippen LogP contribution >= 0.6 is 0 Å². The number of morpholine rings is 1. The van der Waals surface area contributed by atoms with Crippen molar-refractivity contribution in [2.45, 2.75) is 13.1 Å². The average Bonchev–Trinajstić information content (AvgIpc) is 3.41. The quantitative estimate of drug-likeness (QED) is 0.415. The lowest BCUT2D eigenvalue weighted by Gasteiger charge is -2.27. The lowest BCUT2D eigenvalue weighted by molar-refractivity contribution is 0.122. The SMILES string of the molecule is Fc1cccc(Cn2c(Cn3cnc4c(N5CCOCC5)ncnc43)nc3ccccc32)c1. The molecule has 0 aliphatic carbocycles. The van der Waals surface area contributed by atoms with Crippen LogP contribution in [0, 0.1) is 5.82 Å². The Bertz CT molecular complexity index is 1440. The summed E-state index contributed by atoms with van der Waals surface area (Å²) in [6.45, 7) is 3.92. The molecule has 1 aliphatic heterocycles. The monoisotopic (exact) mass is 443 g/mol. The summed E-state index contributed by atoms with van der Waals surface area (Å²) in [5, 5.41) is 0. The Kier molecular flexibility index (Phi) is 4.95. The lowest BCUT2D eigenvalue weighted by atomic mass is 10.2. The van der Waals surface area contributed by atoms with E-state index in [-0.39, 0.29) is 5.82 Å². The molecule has 1 aliphatic rings. The zero-order valence-electron chi connectivity index (χ0n) is 17.9. The Balaban J connectivity index is 1.40. The number of rotatable bonds is 5. The Hall–Kier alpha value is -3.85. The number of fused-ring (bicyclic) bond motifs is 2. The van der Waals surface area contributed by atoms with E-state index in [1.807, 2.05) is 34.9 Å². The molecule has 2 aromatic carbocycles. The number of hydrogen-bond acceptors (Lipinski definition) is 6. The molecule has 5 aromatic rings. The number of anilines is 1. The second-order valence-corrected chi connectivity index (χ2v) is 8.07. The Morgan fingerprint density at radius 3 is 2.70 bits per heavy atom. The molecule has 0 unspecified atom stereocenters. The van der Waals surface area contributed by atoms with Gasteiger partial charge < -0.3 is 18.8 Å². The largest absolute Gasteiger partial charge is 0.378 e. The van der Waals surface area contributed by atoms with Gasteiger partial charge in [-0.05, 0) is 29.8 Å². The van der Waals surface area contributed by atoms with E-state index in [9.17, 15) is 4.39 Å². The highest BCUT2D eigenvalue weighted by atomic mass is 19.1. The lowest BCUT2D eigenvalue weighted by Crippen LogP contribution is -2.36. The number of benzene rings is 2. The van der Waals surface area contributed by atoms with Gasteiger partial charge in [0, 0.05) is 19.6 Å². The molecule has 1 saturated heterocycles. The van der Waals surface area contributed by atoms with Crippen LogP contribution in [0.15, 0.2) is 61.2 Å². The average molecular weight is 443 g/mol. The molecule has 3 aromatic heterocycles. The third kappa shape index (κ3) is 3.70. The third-order valence-corrected chi connectivity index (χ3v) is 5.97. The Morgan fingerprint density at radius 1 is 0.939 bits per heavy atom. The van der Waals surface area contributed by atoms with Gasteiger partial charge in [0.15, 0.2) is 17.0 Å². The van der Waals surface area contributed by atoms with Crippen molar-refractivity contribution in [1.82, 2.24) is 29.1 Å². The van der Waals surface area contributed by atoms with Crippen LogP contribution in [-0.2, 0) is 17.8 Å². The second-order valence-electron chi connectivity index (χ2n) is 8.07. The summed E-state index contributed by atoms with van der Waals surface area (Å²) in [6, 6.07) is 14.7. The number of para-hydroxylation sites is 2. The standard InChI is InChI=1S/C24H22FN7O/c25-18-5-3-4-17(12-18)13-32-20-7-2-1-6-19(20)29-21(32)14-31-16-28-22-23(26-15-27-24(22)31)30-8-10-33-11-9-30/h1-7,12,15-16H,8-11,13-14H2. The predicted molar refractivity (Wildman–Crippen MR) is 123 cm³/mol. The predicted octanol–water partition coefficient (Wildman–Crippen LogP) is 3.25. The molecule has 33 heavy (non-hydrogen) atoms. The molecule has 6 rings (SSSR count). The number of imidazole rings is 2. The van der Waals surface area contributed by atoms with Crippen molar-refractivity contribution in [2.24, 2.45) is 0 Å². The molecule has 0 spiro atoms. The minimum absolute atomic E-state index is 0.244. The smallest absolute Gasteiger partial charge is 0.165 e. The molecule has 0 amide bonds. The first kappa shape index (κ1) is 19.8. The summed E-state index contributed by atoms with van der Waals surface area (Å²) in [4.78, 5) is 20.7. The van der Waals surface area contributed by atoms with Crippen LogP contribution < -0.4 is 4.90 Å². The van der Waals surface area contributed by atoms with Crippen molar-refractivity contribution in [3.8, 4) is 0 Å². The fourth-order valence-corrected chi connectivity index (χ4v) is 4.38. The van der Waals surface area contributed by atoms with Gasteiger partial charge in [-0.3, -0.25) is 0 Å². The highest BCUT2D eigenvalue weighted by Crippen LogP contribution is 2.24. The number of ether oxygens (including phenoxy) is 1. The molecule has 1 fully saturated rings. The van der Waals surface area contributed by atoms with Gasteiger partial charge in [0.05, 0.1) is 37.1 Å². The van der Waals surface area contributed by atoms with Gasteiger partial charge in [-0.25, -0.2) is 24.3 Å². The zero-order chi connectivity index (χ0) is 22.2. The Labute approximate surface area is 189 Å². The van der Waals surface area contributed by atoms with E-state index in [2.05, 4.69) is 24.4 Å². The van der Waals surface area contributed by atoms with Gasteiger partial charge in [0.1, 0.15) is 18.0 Å². The second kappa shape index (κ2) is 8.25. The van der Waals surface area contributed by atoms with E-state index >= 15 is 0 Å². The van der Waals surface area contributed by atoms with Gasteiger partial charge in [-0.2, -0.15) is 0 Å². The maximum atomic E-state index is 13.8. The fourth-order valence-electron chi connectivity index (χ4n) is 4.38. The van der Waals surface area contributed by atoms with Gasteiger partial charge >= 0.3 is 0 Å². The molecule has 9 heteroatoms. The van der Waals surface area contributed by atoms with Crippen molar-refractivity contribution >= 4 is 28.0 Å². The molecule has 8 nitrogen and oxygen atoms in total. The summed E-state index contributed by atoms with van der Waals surface area (Å²) in [5.74, 6) is 1.44. The first-order valence-corrected chi connectivity index (χ1v) is 10.9. The van der Waals surface area contributed by atoms with E-state index in [0.29, 0.717) is 26.3 Å². The molecule has 0 saturated carbocycles. The molecule has 0 radical (unpaired) electrons. The maximum absolute atomic E-state index is 13.8. The Morgan fingerprint density at radius 2 is 1.82 bits per heavy atom. The number of hydrogen-bond donors (Lipinski definition) is 0. The molecular weight excluding hydrogens is 421 g/mol. The van der Waals surface area contributed by atoms with Gasteiger partial charge in [-0.15, -0.1) is 0 Å². The number of halogens is 1. The van der Waals surface area contributed by atoms with Gasteiger partial charge in [0.2, 0.25) is 0 Å². The van der Waals surface area contributed by atoms with Crippen LogP contribution in [0.3, 0.4) is 0 Å². The highest BCUT2D eigenvalue weighted by Gasteiger charge is 2.20. The molecule has 166 valence electrons. The summed E-state index contributed by atoms with van der Waals surface area (Å²) in [6.07, 6.45) is 3.37. The van der Waals surface area contributed by atoms with Crippen LogP contribution in [0.4, 0.5) is 10.2 Å². The van der Waals surface area contributed by atoms with E-state index in [0.717, 1.165) is 52.5 Å². The molecular formula is C24H22FN7O. The number of aromatic nitrogens is 6. The topological polar surface area (TPSA) is 73.9 Å². The van der Waals surface area contributed by atoms with Gasteiger partial charge in [0.25, 0.3) is 0 Å². The molecule has 4 heterocycles. The van der Waals surface area contributed by atoms with Crippen LogP contribution in [0.25, 0.3) is 22.2 Å². The minimum atomic E-state index is -0.244. The van der Waals surface area contributed by atoms with Crippen molar-refractivity contribution in [3.05, 3.63) is 78.4 Å². The highest BCUT2D eigenvalue weighted by molar-refractivity contribution is 5.83. The fraction of sp³-hybridized carbons (Fsp3) is 0.250. The number of nitrogens with zero attached hydrogens (tertiary/aromatic N) is 7. The third-order valence-electron chi connectivity index (χ3n) is 5.97. The first-order chi connectivity index (χ1) is 16.3. The van der Waals surface area contributed by atoms with E-state index in [1.54, 1.807) is 24.8 Å². The normalized spacial score (nSPS) is 14.4. The molecule has 0 bridgehead atoms. The van der Waals surface area contributed by atoms with Gasteiger partial charge in [-0.1, -0.05) is 24.3 Å². The van der Waals surface area contributed by atoms with Crippen molar-refractivity contribution in [1.29, 1.82) is 0 Å². The first-order valence-electron chi connectivity index (χ1n) is 10.9. The molecule has 0 atom stereocenters. The maximum Gasteiger partial charge on any atom is 0.165 e. The van der Waals surface area contributed by atoms with Crippen LogP contribution in [0.2, 0.25) is 0 Å². The molecule has 0 N–H and O–H groups in total. The summed E-state index contributed by atoms with van der Waals surface area (Å²) in [7, 11) is 0. The van der Waals surface area contributed by atoms with Crippen LogP contribution in [0.5, 0.6) is 0 Å². The van der Waals surface area contributed by atoms with Crippen LogP contribution in [-0.4, -0.2) is 55.4 Å². The van der Waals surface area contributed by atoms with E-state index in [4.69, 9.17) is 9.72 Å². The van der Waals surface area contributed by atoms with E-state index < -0.39 is 0 Å². The van der Waals surface area contributed by atoms with Crippen molar-refractivity contribution < 1.29 is 9.13 Å². The minimum Gasteiger partial charge on any atom is -0.378 e. The summed E-state index contributed by atoms with van der Waals surface area (Å²) in [5.41, 5.74) is 4.32. The summed E-state index contributed by atoms with van der Waals surface area (Å²) < 4.78 is 23.4. The van der Waals surface area contributed by atoms with Crippen LogP contribution in [0.1, 0.15) is 11.4 Å². The van der Waals surface area contributed by atoms with Crippen molar-refractivity contribution in [2.75, 3.05) is 31.2 Å². The van der Waals surface area contributed by atoms with Crippen molar-refractivity contribution in [3.63, 3.8) is 0 Å². The zero-order valence-corrected chi connectivity index (χ0v) is 17.9. The summed E-state index contributed by atoms with van der Waals surface area (Å²) >= 11 is 0. The van der Waals surface area contributed by atoms with E-state index in [1.165, 1.54) is 6.07 Å².